The Balaban J connectivity index is 2.21. The fourth-order valence-corrected chi connectivity index (χ4v) is 2.53. The van der Waals surface area contributed by atoms with Crippen LogP contribution in [0.15, 0.2) is 36.4 Å². The van der Waals surface area contributed by atoms with E-state index in [1.54, 1.807) is 6.07 Å². The molecule has 0 unspecified atom stereocenters. The van der Waals surface area contributed by atoms with Crippen molar-refractivity contribution in [3.05, 3.63) is 58.7 Å². The number of carbonyl (C=O) groups excluding carboxylic acids is 1. The number of amides is 1. The van der Waals surface area contributed by atoms with Crippen LogP contribution in [0.3, 0.4) is 0 Å². The van der Waals surface area contributed by atoms with E-state index in [1.807, 2.05) is 58.0 Å². The van der Waals surface area contributed by atoms with Crippen LogP contribution < -0.4 is 10.1 Å². The molecule has 1 N–H and O–H groups in total. The first-order valence-corrected chi connectivity index (χ1v) is 8.35. The first-order chi connectivity index (χ1) is 12.3. The lowest BCUT2D eigenvalue weighted by atomic mass is 10.0. The molecule has 0 atom stereocenters. The first kappa shape index (κ1) is 19.7. The van der Waals surface area contributed by atoms with Crippen LogP contribution in [0.2, 0.25) is 0 Å². The van der Waals surface area contributed by atoms with Gasteiger partial charge in [-0.2, -0.15) is 8.78 Å². The number of halogens is 2. The maximum Gasteiger partial charge on any atom is 0.416 e. The molecule has 2 aromatic carbocycles. The molecule has 0 aromatic heterocycles. The Morgan fingerprint density at radius 1 is 1.12 bits per heavy atom. The topological polar surface area (TPSA) is 47.6 Å². The van der Waals surface area contributed by atoms with Gasteiger partial charge < -0.3 is 9.47 Å². The Morgan fingerprint density at radius 3 is 2.46 bits per heavy atom. The van der Waals surface area contributed by atoms with Crippen LogP contribution in [-0.4, -0.2) is 12.7 Å². The molecular weight excluding hydrogens is 340 g/mol. The molecule has 0 saturated heterocycles. The van der Waals surface area contributed by atoms with E-state index in [0.29, 0.717) is 11.3 Å². The summed E-state index contributed by atoms with van der Waals surface area (Å²) in [6, 6.07) is 11.3. The molecule has 0 spiro atoms. The quantitative estimate of drug-likeness (QED) is 0.708. The summed E-state index contributed by atoms with van der Waals surface area (Å²) >= 11 is 0. The second-order valence-corrected chi connectivity index (χ2v) is 6.42. The smallest absolute Gasteiger partial charge is 0.416 e. The van der Waals surface area contributed by atoms with E-state index in [1.165, 1.54) is 0 Å². The van der Waals surface area contributed by atoms with Crippen LogP contribution in [0.4, 0.5) is 19.3 Å². The molecule has 0 radical (unpaired) electrons. The van der Waals surface area contributed by atoms with Gasteiger partial charge in [-0.1, -0.05) is 43.7 Å². The van der Waals surface area contributed by atoms with Crippen molar-refractivity contribution in [1.82, 2.24) is 0 Å². The van der Waals surface area contributed by atoms with E-state index in [2.05, 4.69) is 10.1 Å². The van der Waals surface area contributed by atoms with Crippen molar-refractivity contribution in [3.63, 3.8) is 0 Å². The van der Waals surface area contributed by atoms with Gasteiger partial charge in [0, 0.05) is 5.56 Å². The van der Waals surface area contributed by atoms with Crippen molar-refractivity contribution in [2.24, 2.45) is 0 Å². The van der Waals surface area contributed by atoms with Gasteiger partial charge in [-0.15, -0.1) is 0 Å². The molecule has 0 aliphatic carbocycles. The van der Waals surface area contributed by atoms with Gasteiger partial charge in [0.25, 0.3) is 0 Å². The summed E-state index contributed by atoms with van der Waals surface area (Å²) < 4.78 is 34.2. The summed E-state index contributed by atoms with van der Waals surface area (Å²) in [6.07, 6.45) is -1.20. The molecule has 0 aliphatic rings. The van der Waals surface area contributed by atoms with Crippen molar-refractivity contribution in [2.75, 3.05) is 5.32 Å². The number of aryl methyl sites for hydroxylation is 2. The first-order valence-electron chi connectivity index (χ1n) is 8.35. The highest BCUT2D eigenvalue weighted by molar-refractivity contribution is 5.85. The monoisotopic (exact) mass is 363 g/mol. The molecule has 0 fully saturated rings. The second-order valence-electron chi connectivity index (χ2n) is 6.42. The third-order valence-electron chi connectivity index (χ3n) is 3.95. The molecule has 2 aromatic rings. The highest BCUT2D eigenvalue weighted by Gasteiger charge is 2.14. The number of ether oxygens (including phenoxy) is 2. The van der Waals surface area contributed by atoms with Crippen LogP contribution in [0, 0.1) is 13.8 Å². The van der Waals surface area contributed by atoms with Gasteiger partial charge >= 0.3 is 12.7 Å². The van der Waals surface area contributed by atoms with Crippen LogP contribution in [0.25, 0.3) is 0 Å². The van der Waals surface area contributed by atoms with E-state index in [0.717, 1.165) is 22.4 Å². The Kier molecular flexibility index (Phi) is 6.55. The lowest BCUT2D eigenvalue weighted by Gasteiger charge is -2.16. The Bertz CT molecular complexity index is 776. The lowest BCUT2D eigenvalue weighted by molar-refractivity contribution is -0.0766. The number of anilines is 1. The maximum absolute atomic E-state index is 12.2. The van der Waals surface area contributed by atoms with Gasteiger partial charge in [-0.25, -0.2) is 4.79 Å². The highest BCUT2D eigenvalue weighted by atomic mass is 19.3. The molecule has 2 rings (SSSR count). The molecule has 0 aliphatic heterocycles. The molecule has 26 heavy (non-hydrogen) atoms. The predicted molar refractivity (Wildman–Crippen MR) is 96.9 cm³/mol. The van der Waals surface area contributed by atoms with Crippen molar-refractivity contribution in [1.29, 1.82) is 0 Å². The average molecular weight is 363 g/mol. The largest absolute Gasteiger partial charge is 0.489 e. The summed E-state index contributed by atoms with van der Waals surface area (Å²) in [6.45, 7) is 4.97. The Labute approximate surface area is 152 Å². The molecular formula is C20H23F2NO3. The summed E-state index contributed by atoms with van der Waals surface area (Å²) in [5.41, 5.74) is 4.16. The summed E-state index contributed by atoms with van der Waals surface area (Å²) in [4.78, 5) is 11.6. The summed E-state index contributed by atoms with van der Waals surface area (Å²) in [7, 11) is 0. The van der Waals surface area contributed by atoms with Gasteiger partial charge in [0.05, 0.1) is 5.69 Å². The second kappa shape index (κ2) is 8.65. The molecule has 4 nitrogen and oxygen atoms in total. The zero-order valence-electron chi connectivity index (χ0n) is 15.3. The maximum atomic E-state index is 12.2. The number of hydrogen-bond donors (Lipinski definition) is 1. The standard InChI is InChI=1S/C20H23F2NO3/c1-12(2)15-6-7-16(17(10-15)23-20(24)26-19(21)22)11-25-18-8-5-13(3)9-14(18)4/h5-10,12,19H,11H2,1-4H3,(H,23,24). The number of alkyl halides is 2. The average Bonchev–Trinajstić information content (AvgIpc) is 2.54. The summed E-state index contributed by atoms with van der Waals surface area (Å²) in [5, 5.41) is 2.38. The fourth-order valence-electron chi connectivity index (χ4n) is 2.53. The minimum absolute atomic E-state index is 0.187. The number of rotatable bonds is 6. The zero-order chi connectivity index (χ0) is 19.3. The van der Waals surface area contributed by atoms with Crippen molar-refractivity contribution in [2.45, 2.75) is 46.8 Å². The third kappa shape index (κ3) is 5.44. The SMILES string of the molecule is Cc1ccc(OCc2ccc(C(C)C)cc2NC(=O)OC(F)F)c(C)c1. The van der Waals surface area contributed by atoms with Crippen LogP contribution in [-0.2, 0) is 11.3 Å². The molecule has 0 bridgehead atoms. The molecule has 0 heterocycles. The summed E-state index contributed by atoms with van der Waals surface area (Å²) in [5.74, 6) is 0.945. The lowest BCUT2D eigenvalue weighted by Crippen LogP contribution is -2.18. The van der Waals surface area contributed by atoms with E-state index in [4.69, 9.17) is 4.74 Å². The molecule has 0 saturated carbocycles. The predicted octanol–water partition coefficient (Wildman–Crippen LogP) is 5.78. The van der Waals surface area contributed by atoms with Gasteiger partial charge in [-0.05, 0) is 43.0 Å². The van der Waals surface area contributed by atoms with E-state index in [9.17, 15) is 13.6 Å². The number of hydrogen-bond acceptors (Lipinski definition) is 3. The van der Waals surface area contributed by atoms with Crippen LogP contribution in [0.5, 0.6) is 5.75 Å². The molecule has 140 valence electrons. The van der Waals surface area contributed by atoms with Crippen molar-refractivity contribution >= 4 is 11.8 Å². The van der Waals surface area contributed by atoms with Crippen molar-refractivity contribution < 1.29 is 23.0 Å². The number of carbonyl (C=O) groups is 1. The Hall–Kier alpha value is -2.63. The van der Waals surface area contributed by atoms with E-state index < -0.39 is 12.7 Å². The Morgan fingerprint density at radius 2 is 1.85 bits per heavy atom. The van der Waals surface area contributed by atoms with Gasteiger partial charge in [0.15, 0.2) is 0 Å². The van der Waals surface area contributed by atoms with E-state index in [-0.39, 0.29) is 12.5 Å². The fraction of sp³-hybridized carbons (Fsp3) is 0.350. The number of nitrogens with one attached hydrogen (secondary N) is 1. The molecule has 1 amide bonds. The van der Waals surface area contributed by atoms with Crippen molar-refractivity contribution in [3.8, 4) is 5.75 Å². The van der Waals surface area contributed by atoms with Gasteiger partial charge in [0.1, 0.15) is 12.4 Å². The van der Waals surface area contributed by atoms with E-state index >= 15 is 0 Å². The van der Waals surface area contributed by atoms with Crippen LogP contribution in [0.1, 0.15) is 42.0 Å². The zero-order valence-corrected chi connectivity index (χ0v) is 15.3. The van der Waals surface area contributed by atoms with Crippen LogP contribution >= 0.6 is 0 Å². The third-order valence-corrected chi connectivity index (χ3v) is 3.95. The molecule has 6 heteroatoms. The van der Waals surface area contributed by atoms with Gasteiger partial charge in [-0.3, -0.25) is 5.32 Å². The minimum Gasteiger partial charge on any atom is -0.489 e. The normalized spacial score (nSPS) is 10.9. The number of benzene rings is 2. The minimum atomic E-state index is -3.17. The van der Waals surface area contributed by atoms with Gasteiger partial charge in [0.2, 0.25) is 0 Å². The highest BCUT2D eigenvalue weighted by Crippen LogP contribution is 2.26.